The van der Waals surface area contributed by atoms with Gasteiger partial charge < -0.3 is 14.5 Å². The van der Waals surface area contributed by atoms with E-state index in [-0.39, 0.29) is 30.6 Å². The molecule has 1 atom stereocenters. The lowest BCUT2D eigenvalue weighted by Gasteiger charge is -2.42. The Morgan fingerprint density at radius 2 is 1.80 bits per heavy atom. The van der Waals surface area contributed by atoms with Gasteiger partial charge in [-0.25, -0.2) is 4.39 Å². The first-order chi connectivity index (χ1) is 14.6. The SMILES string of the molecule is O=C(CCc1ccccc1F)N1CCOC2(CCCCN(c3ccccc3)C2=O)C1. The summed E-state index contributed by atoms with van der Waals surface area (Å²) in [7, 11) is 0. The number of carbonyl (C=O) groups is 2. The van der Waals surface area contributed by atoms with Crippen LogP contribution in [0, 0.1) is 5.82 Å². The highest BCUT2D eigenvalue weighted by Gasteiger charge is 2.48. The highest BCUT2D eigenvalue weighted by atomic mass is 19.1. The van der Waals surface area contributed by atoms with Crippen LogP contribution in [0.25, 0.3) is 0 Å². The van der Waals surface area contributed by atoms with E-state index in [1.54, 1.807) is 28.0 Å². The third-order valence-electron chi connectivity index (χ3n) is 6.02. The number of para-hydroxylation sites is 1. The lowest BCUT2D eigenvalue weighted by molar-refractivity contribution is -0.164. The summed E-state index contributed by atoms with van der Waals surface area (Å²) in [4.78, 5) is 29.9. The van der Waals surface area contributed by atoms with Crippen LogP contribution in [0.4, 0.5) is 10.1 Å². The molecule has 0 bridgehead atoms. The minimum atomic E-state index is -1.00. The van der Waals surface area contributed by atoms with Crippen LogP contribution >= 0.6 is 0 Å². The average Bonchev–Trinajstić information content (AvgIpc) is 2.93. The Kier molecular flexibility index (Phi) is 6.13. The van der Waals surface area contributed by atoms with Gasteiger partial charge in [0.05, 0.1) is 13.2 Å². The third-order valence-corrected chi connectivity index (χ3v) is 6.02. The summed E-state index contributed by atoms with van der Waals surface area (Å²) in [6.45, 7) is 1.69. The quantitative estimate of drug-likeness (QED) is 0.774. The maximum absolute atomic E-state index is 13.9. The zero-order chi connectivity index (χ0) is 21.0. The minimum Gasteiger partial charge on any atom is -0.361 e. The second kappa shape index (κ2) is 8.96. The predicted octanol–water partition coefficient (Wildman–Crippen LogP) is 3.57. The number of amides is 2. The van der Waals surface area contributed by atoms with Crippen molar-refractivity contribution in [3.8, 4) is 0 Å². The van der Waals surface area contributed by atoms with Gasteiger partial charge in [-0.15, -0.1) is 0 Å². The molecule has 2 aliphatic rings. The predicted molar refractivity (Wildman–Crippen MR) is 113 cm³/mol. The maximum Gasteiger partial charge on any atom is 0.261 e. The normalized spacial score (nSPS) is 22.2. The van der Waals surface area contributed by atoms with Gasteiger partial charge >= 0.3 is 0 Å². The highest BCUT2D eigenvalue weighted by molar-refractivity contribution is 6.00. The monoisotopic (exact) mass is 410 g/mol. The first-order valence-corrected chi connectivity index (χ1v) is 10.6. The van der Waals surface area contributed by atoms with Crippen molar-refractivity contribution >= 4 is 17.5 Å². The molecule has 0 aliphatic carbocycles. The Balaban J connectivity index is 1.47. The van der Waals surface area contributed by atoms with Crippen LogP contribution in [-0.4, -0.2) is 48.6 Å². The number of morpholine rings is 1. The van der Waals surface area contributed by atoms with Crippen molar-refractivity contribution < 1.29 is 18.7 Å². The average molecular weight is 410 g/mol. The Morgan fingerprint density at radius 1 is 1.03 bits per heavy atom. The molecule has 2 aromatic rings. The second-order valence-electron chi connectivity index (χ2n) is 8.00. The van der Waals surface area contributed by atoms with E-state index in [0.29, 0.717) is 38.1 Å². The molecule has 158 valence electrons. The van der Waals surface area contributed by atoms with Crippen LogP contribution in [0.1, 0.15) is 31.2 Å². The van der Waals surface area contributed by atoms with E-state index < -0.39 is 5.60 Å². The van der Waals surface area contributed by atoms with Crippen LogP contribution < -0.4 is 4.90 Å². The van der Waals surface area contributed by atoms with Crippen molar-refractivity contribution in [2.45, 2.75) is 37.7 Å². The molecule has 2 saturated heterocycles. The van der Waals surface area contributed by atoms with E-state index >= 15 is 0 Å². The molecule has 0 N–H and O–H groups in total. The number of anilines is 1. The molecule has 1 spiro atoms. The molecule has 2 aliphatic heterocycles. The first-order valence-electron chi connectivity index (χ1n) is 10.6. The van der Waals surface area contributed by atoms with Crippen LogP contribution in [0.15, 0.2) is 54.6 Å². The molecule has 6 heteroatoms. The summed E-state index contributed by atoms with van der Waals surface area (Å²) in [5.74, 6) is -0.428. The number of hydrogen-bond donors (Lipinski definition) is 0. The molecule has 4 rings (SSSR count). The van der Waals surface area contributed by atoms with Gasteiger partial charge in [-0.05, 0) is 49.4 Å². The Labute approximate surface area is 176 Å². The Morgan fingerprint density at radius 3 is 2.60 bits per heavy atom. The zero-order valence-electron chi connectivity index (χ0n) is 17.1. The lowest BCUT2D eigenvalue weighted by atomic mass is 9.93. The second-order valence-corrected chi connectivity index (χ2v) is 8.00. The summed E-state index contributed by atoms with van der Waals surface area (Å²) >= 11 is 0. The molecule has 2 fully saturated rings. The van der Waals surface area contributed by atoms with E-state index in [2.05, 4.69) is 0 Å². The Bertz CT molecular complexity index is 904. The Hall–Kier alpha value is -2.73. The molecule has 0 radical (unpaired) electrons. The smallest absolute Gasteiger partial charge is 0.261 e. The molecule has 2 aromatic carbocycles. The van der Waals surface area contributed by atoms with E-state index in [1.165, 1.54) is 6.07 Å². The van der Waals surface area contributed by atoms with Crippen molar-refractivity contribution in [3.63, 3.8) is 0 Å². The van der Waals surface area contributed by atoms with Gasteiger partial charge in [0.25, 0.3) is 5.91 Å². The van der Waals surface area contributed by atoms with Crippen LogP contribution in [0.3, 0.4) is 0 Å². The third kappa shape index (κ3) is 4.24. The fourth-order valence-electron chi connectivity index (χ4n) is 4.37. The number of nitrogens with zero attached hydrogens (tertiary/aromatic N) is 2. The number of benzene rings is 2. The first kappa shape index (κ1) is 20.5. The summed E-state index contributed by atoms with van der Waals surface area (Å²) in [5.41, 5.74) is 0.392. The van der Waals surface area contributed by atoms with Crippen LogP contribution in [0.5, 0.6) is 0 Å². The van der Waals surface area contributed by atoms with Crippen LogP contribution in [-0.2, 0) is 20.7 Å². The van der Waals surface area contributed by atoms with Crippen molar-refractivity contribution in [2.75, 3.05) is 31.1 Å². The van der Waals surface area contributed by atoms with Gasteiger partial charge in [-0.3, -0.25) is 9.59 Å². The molecule has 2 heterocycles. The molecule has 1 unspecified atom stereocenters. The lowest BCUT2D eigenvalue weighted by Crippen LogP contribution is -2.61. The van der Waals surface area contributed by atoms with Gasteiger partial charge in [0.1, 0.15) is 5.82 Å². The van der Waals surface area contributed by atoms with Gasteiger partial charge in [0.2, 0.25) is 5.91 Å². The fraction of sp³-hybridized carbons (Fsp3) is 0.417. The largest absolute Gasteiger partial charge is 0.361 e. The summed E-state index contributed by atoms with van der Waals surface area (Å²) in [6.07, 6.45) is 2.93. The molecular formula is C24H27FN2O3. The van der Waals surface area contributed by atoms with Crippen molar-refractivity contribution in [3.05, 3.63) is 66.0 Å². The number of carbonyl (C=O) groups excluding carboxylic acids is 2. The van der Waals surface area contributed by atoms with Gasteiger partial charge in [-0.2, -0.15) is 0 Å². The number of halogens is 1. The summed E-state index contributed by atoms with van der Waals surface area (Å²) in [6, 6.07) is 16.1. The van der Waals surface area contributed by atoms with Crippen molar-refractivity contribution in [1.82, 2.24) is 4.90 Å². The molecule has 0 saturated carbocycles. The topological polar surface area (TPSA) is 49.9 Å². The van der Waals surface area contributed by atoms with Crippen molar-refractivity contribution in [2.24, 2.45) is 0 Å². The van der Waals surface area contributed by atoms with Gasteiger partial charge in [0.15, 0.2) is 5.60 Å². The number of rotatable bonds is 4. The number of aryl methyl sites for hydroxylation is 1. The summed E-state index contributed by atoms with van der Waals surface area (Å²) < 4.78 is 19.9. The molecule has 2 amide bonds. The highest BCUT2D eigenvalue weighted by Crippen LogP contribution is 2.32. The zero-order valence-corrected chi connectivity index (χ0v) is 17.1. The summed E-state index contributed by atoms with van der Waals surface area (Å²) in [5, 5.41) is 0. The molecule has 30 heavy (non-hydrogen) atoms. The maximum atomic E-state index is 13.9. The molecular weight excluding hydrogens is 383 g/mol. The minimum absolute atomic E-state index is 0.0655. The molecule has 5 nitrogen and oxygen atoms in total. The van der Waals surface area contributed by atoms with Gasteiger partial charge in [0, 0.05) is 25.2 Å². The van der Waals surface area contributed by atoms with Crippen molar-refractivity contribution in [1.29, 1.82) is 0 Å². The van der Waals surface area contributed by atoms with E-state index in [0.717, 1.165) is 18.5 Å². The molecule has 0 aromatic heterocycles. The van der Waals surface area contributed by atoms with Gasteiger partial charge in [-0.1, -0.05) is 36.4 Å². The van der Waals surface area contributed by atoms with E-state index in [9.17, 15) is 14.0 Å². The van der Waals surface area contributed by atoms with E-state index in [1.807, 2.05) is 30.3 Å². The standard InChI is InChI=1S/C24H27FN2O3/c25-21-11-5-4-8-19(21)12-13-22(28)26-16-17-30-24(18-26)14-6-7-15-27(23(24)29)20-9-2-1-3-10-20/h1-5,8-11H,6-7,12-18H2. The van der Waals surface area contributed by atoms with E-state index in [4.69, 9.17) is 4.74 Å². The van der Waals surface area contributed by atoms with Crippen LogP contribution in [0.2, 0.25) is 0 Å². The number of ether oxygens (including phenoxy) is 1. The fourth-order valence-corrected chi connectivity index (χ4v) is 4.37. The number of hydrogen-bond acceptors (Lipinski definition) is 3.